The predicted molar refractivity (Wildman–Crippen MR) is 112 cm³/mol. The average molecular weight is 385 g/mol. The molecule has 4 aromatic rings. The van der Waals surface area contributed by atoms with Gasteiger partial charge in [0, 0.05) is 6.20 Å². The summed E-state index contributed by atoms with van der Waals surface area (Å²) in [7, 11) is 1.61. The molecular formula is C22H19N5O2. The van der Waals surface area contributed by atoms with Crippen molar-refractivity contribution >= 4 is 23.2 Å². The lowest BCUT2D eigenvalue weighted by molar-refractivity contribution is -0.121. The quantitative estimate of drug-likeness (QED) is 0.408. The van der Waals surface area contributed by atoms with Gasteiger partial charge < -0.3 is 9.30 Å². The Morgan fingerprint density at radius 1 is 1.10 bits per heavy atom. The van der Waals surface area contributed by atoms with Gasteiger partial charge in [0.1, 0.15) is 18.0 Å². The van der Waals surface area contributed by atoms with Crippen LogP contribution in [0.3, 0.4) is 0 Å². The van der Waals surface area contributed by atoms with Crippen LogP contribution in [0.4, 0.5) is 0 Å². The summed E-state index contributed by atoms with van der Waals surface area (Å²) in [4.78, 5) is 21.5. The molecule has 144 valence electrons. The molecule has 0 bridgehead atoms. The van der Waals surface area contributed by atoms with Crippen LogP contribution in [0.25, 0.3) is 22.6 Å². The molecular weight excluding hydrogens is 366 g/mol. The number of ether oxygens (including phenoxy) is 1. The van der Waals surface area contributed by atoms with Crippen LogP contribution >= 0.6 is 0 Å². The van der Waals surface area contributed by atoms with Crippen molar-refractivity contribution in [1.29, 1.82) is 0 Å². The van der Waals surface area contributed by atoms with Gasteiger partial charge in [0.05, 0.1) is 24.4 Å². The summed E-state index contributed by atoms with van der Waals surface area (Å²) in [5.74, 6) is 1.15. The van der Waals surface area contributed by atoms with Crippen molar-refractivity contribution in [3.63, 3.8) is 0 Å². The zero-order valence-electron chi connectivity index (χ0n) is 15.8. The van der Waals surface area contributed by atoms with Crippen molar-refractivity contribution in [2.45, 2.75) is 6.54 Å². The molecule has 1 N–H and O–H groups in total. The predicted octanol–water partition coefficient (Wildman–Crippen LogP) is 3.26. The molecule has 0 aliphatic rings. The highest BCUT2D eigenvalue weighted by molar-refractivity contribution is 5.85. The number of hydrogen-bond donors (Lipinski definition) is 1. The normalized spacial score (nSPS) is 11.1. The number of amides is 1. The van der Waals surface area contributed by atoms with Gasteiger partial charge in [-0.2, -0.15) is 5.10 Å². The number of nitrogens with zero attached hydrogens (tertiary/aromatic N) is 4. The molecule has 0 unspecified atom stereocenters. The van der Waals surface area contributed by atoms with Gasteiger partial charge in [-0.05, 0) is 54.1 Å². The Bertz CT molecular complexity index is 1150. The Morgan fingerprint density at radius 3 is 2.66 bits per heavy atom. The van der Waals surface area contributed by atoms with Gasteiger partial charge in [-0.25, -0.2) is 10.4 Å². The second-order valence-corrected chi connectivity index (χ2v) is 6.29. The number of hydrazone groups is 1. The van der Waals surface area contributed by atoms with Gasteiger partial charge in [-0.3, -0.25) is 9.78 Å². The van der Waals surface area contributed by atoms with Gasteiger partial charge >= 0.3 is 0 Å². The van der Waals surface area contributed by atoms with E-state index in [4.69, 9.17) is 4.74 Å². The number of methoxy groups -OCH3 is 1. The molecule has 7 nitrogen and oxygen atoms in total. The van der Waals surface area contributed by atoms with Crippen LogP contribution in [0.2, 0.25) is 0 Å². The molecule has 2 aromatic carbocycles. The second-order valence-electron chi connectivity index (χ2n) is 6.29. The summed E-state index contributed by atoms with van der Waals surface area (Å²) < 4.78 is 6.97. The summed E-state index contributed by atoms with van der Waals surface area (Å²) in [6, 6.07) is 20.7. The number of para-hydroxylation sites is 2. The summed E-state index contributed by atoms with van der Waals surface area (Å²) in [6.45, 7) is 0.0758. The van der Waals surface area contributed by atoms with Crippen LogP contribution in [0.15, 0.2) is 78.0 Å². The highest BCUT2D eigenvalue weighted by Crippen LogP contribution is 2.23. The molecule has 29 heavy (non-hydrogen) atoms. The van der Waals surface area contributed by atoms with E-state index in [1.165, 1.54) is 0 Å². The zero-order chi connectivity index (χ0) is 20.1. The Kier molecular flexibility index (Phi) is 5.29. The summed E-state index contributed by atoms with van der Waals surface area (Å²) in [6.07, 6.45) is 3.29. The third-order valence-corrected chi connectivity index (χ3v) is 4.37. The van der Waals surface area contributed by atoms with E-state index in [0.717, 1.165) is 22.3 Å². The van der Waals surface area contributed by atoms with Gasteiger partial charge in [0.15, 0.2) is 5.82 Å². The maximum Gasteiger partial charge on any atom is 0.260 e. The molecule has 2 aromatic heterocycles. The van der Waals surface area contributed by atoms with E-state index in [0.29, 0.717) is 11.5 Å². The standard InChI is InChI=1S/C22H19N5O2/c1-29-17-11-9-16(10-12-17)14-24-26-21(28)15-27-20-8-3-2-6-18(20)25-22(27)19-7-4-5-13-23-19/h2-14H,15H2,1H3,(H,26,28). The molecule has 7 heteroatoms. The number of carbonyl (C=O) groups is 1. The lowest BCUT2D eigenvalue weighted by atomic mass is 10.2. The van der Waals surface area contributed by atoms with Gasteiger partial charge in [-0.15, -0.1) is 0 Å². The third kappa shape index (κ3) is 4.14. The molecule has 0 radical (unpaired) electrons. The number of nitrogens with one attached hydrogen (secondary N) is 1. The Hall–Kier alpha value is -4.00. The summed E-state index contributed by atoms with van der Waals surface area (Å²) >= 11 is 0. The van der Waals surface area contributed by atoms with Crippen molar-refractivity contribution in [1.82, 2.24) is 20.0 Å². The van der Waals surface area contributed by atoms with Gasteiger partial charge in [0.2, 0.25) is 0 Å². The fourth-order valence-corrected chi connectivity index (χ4v) is 2.97. The van der Waals surface area contributed by atoms with Crippen molar-refractivity contribution < 1.29 is 9.53 Å². The second kappa shape index (κ2) is 8.35. The number of imidazole rings is 1. The van der Waals surface area contributed by atoms with Crippen LogP contribution in [-0.4, -0.2) is 33.8 Å². The summed E-state index contributed by atoms with van der Waals surface area (Å²) in [5.41, 5.74) is 5.80. The largest absolute Gasteiger partial charge is 0.497 e. The summed E-state index contributed by atoms with van der Waals surface area (Å²) in [5, 5.41) is 4.05. The van der Waals surface area contributed by atoms with E-state index in [-0.39, 0.29) is 12.5 Å². The van der Waals surface area contributed by atoms with E-state index in [2.05, 4.69) is 20.5 Å². The van der Waals surface area contributed by atoms with E-state index in [9.17, 15) is 4.79 Å². The highest BCUT2D eigenvalue weighted by Gasteiger charge is 2.15. The van der Waals surface area contributed by atoms with Crippen molar-refractivity contribution in [3.05, 3.63) is 78.5 Å². The Labute approximate surface area is 167 Å². The molecule has 0 atom stereocenters. The smallest absolute Gasteiger partial charge is 0.260 e. The van der Waals surface area contributed by atoms with E-state index in [1.807, 2.05) is 71.3 Å². The minimum atomic E-state index is -0.255. The number of pyridine rings is 1. The topological polar surface area (TPSA) is 81.4 Å². The van der Waals surface area contributed by atoms with Crippen LogP contribution in [0.1, 0.15) is 5.56 Å². The maximum atomic E-state index is 12.5. The van der Waals surface area contributed by atoms with Crippen molar-refractivity contribution in [3.8, 4) is 17.3 Å². The van der Waals surface area contributed by atoms with Gasteiger partial charge in [0.25, 0.3) is 5.91 Å². The first-order chi connectivity index (χ1) is 14.2. The van der Waals surface area contributed by atoms with E-state index >= 15 is 0 Å². The minimum Gasteiger partial charge on any atom is -0.497 e. The number of benzene rings is 2. The van der Waals surface area contributed by atoms with Gasteiger partial charge in [-0.1, -0.05) is 18.2 Å². The molecule has 2 heterocycles. The highest BCUT2D eigenvalue weighted by atomic mass is 16.5. The number of hydrogen-bond acceptors (Lipinski definition) is 5. The van der Waals surface area contributed by atoms with Crippen LogP contribution in [0.5, 0.6) is 5.75 Å². The van der Waals surface area contributed by atoms with Crippen LogP contribution in [0, 0.1) is 0 Å². The zero-order valence-corrected chi connectivity index (χ0v) is 15.8. The van der Waals surface area contributed by atoms with E-state index in [1.54, 1.807) is 19.5 Å². The number of aromatic nitrogens is 3. The molecule has 0 saturated heterocycles. The van der Waals surface area contributed by atoms with Crippen molar-refractivity contribution in [2.24, 2.45) is 5.10 Å². The molecule has 0 spiro atoms. The monoisotopic (exact) mass is 385 g/mol. The molecule has 4 rings (SSSR count). The fourth-order valence-electron chi connectivity index (χ4n) is 2.97. The lowest BCUT2D eigenvalue weighted by Crippen LogP contribution is -2.23. The molecule has 0 saturated carbocycles. The first-order valence-corrected chi connectivity index (χ1v) is 9.07. The Balaban J connectivity index is 1.53. The number of carbonyl (C=O) groups excluding carboxylic acids is 1. The molecule has 0 aliphatic carbocycles. The van der Waals surface area contributed by atoms with E-state index < -0.39 is 0 Å². The molecule has 1 amide bonds. The first-order valence-electron chi connectivity index (χ1n) is 9.07. The SMILES string of the molecule is COc1ccc(C=NNC(=O)Cn2c(-c3ccccn3)nc3ccccc32)cc1. The minimum absolute atomic E-state index is 0.0758. The third-order valence-electron chi connectivity index (χ3n) is 4.37. The Morgan fingerprint density at radius 2 is 1.90 bits per heavy atom. The van der Waals surface area contributed by atoms with Crippen LogP contribution < -0.4 is 10.2 Å². The van der Waals surface area contributed by atoms with Crippen LogP contribution in [-0.2, 0) is 11.3 Å². The fraction of sp³-hybridized carbons (Fsp3) is 0.0909. The molecule has 0 aliphatic heterocycles. The first kappa shape index (κ1) is 18.4. The maximum absolute atomic E-state index is 12.5. The molecule has 0 fully saturated rings. The number of rotatable bonds is 6. The van der Waals surface area contributed by atoms with Crippen molar-refractivity contribution in [2.75, 3.05) is 7.11 Å². The number of fused-ring (bicyclic) bond motifs is 1. The average Bonchev–Trinajstić information content (AvgIpc) is 3.13. The lowest BCUT2D eigenvalue weighted by Gasteiger charge is -2.07.